The molecule has 0 aliphatic carbocycles. The second-order valence-electron chi connectivity index (χ2n) is 8.04. The van der Waals surface area contributed by atoms with E-state index in [1.54, 1.807) is 11.0 Å². The first-order valence-corrected chi connectivity index (χ1v) is 9.55. The summed E-state index contributed by atoms with van der Waals surface area (Å²) in [4.78, 5) is 4.00. The van der Waals surface area contributed by atoms with Gasteiger partial charge in [0.05, 0.1) is 12.1 Å². The molecule has 0 amide bonds. The zero-order valence-electron chi connectivity index (χ0n) is 16.1. The van der Waals surface area contributed by atoms with Crippen LogP contribution in [-0.4, -0.2) is 25.5 Å². The Morgan fingerprint density at radius 1 is 1.04 bits per heavy atom. The monoisotopic (exact) mass is 383 g/mol. The third kappa shape index (κ3) is 4.57. The number of nitrogens with zero attached hydrogens (tertiary/aromatic N) is 3. The van der Waals surface area contributed by atoms with Gasteiger partial charge in [-0.3, -0.25) is 4.68 Å². The first kappa shape index (κ1) is 19.6. The average molecular weight is 384 g/mol. The van der Waals surface area contributed by atoms with Gasteiger partial charge in [-0.1, -0.05) is 68.8 Å². The maximum absolute atomic E-state index is 11.5. The van der Waals surface area contributed by atoms with Crippen LogP contribution in [0.15, 0.2) is 61.2 Å². The van der Waals surface area contributed by atoms with Crippen LogP contribution in [0.2, 0.25) is 5.02 Å². The molecular weight excluding hydrogens is 358 g/mol. The molecule has 0 saturated carbocycles. The van der Waals surface area contributed by atoms with E-state index in [9.17, 15) is 5.11 Å². The number of halogens is 1. The molecule has 3 rings (SSSR count). The summed E-state index contributed by atoms with van der Waals surface area (Å²) in [7, 11) is 0. The Bertz CT molecular complexity index is 869. The van der Waals surface area contributed by atoms with Crippen LogP contribution in [0, 0.1) is 5.41 Å². The van der Waals surface area contributed by atoms with E-state index >= 15 is 0 Å². The fourth-order valence-electron chi connectivity index (χ4n) is 3.26. The van der Waals surface area contributed by atoms with Crippen LogP contribution < -0.4 is 0 Å². The Hall–Kier alpha value is -2.17. The van der Waals surface area contributed by atoms with Crippen LogP contribution in [0.1, 0.15) is 32.8 Å². The molecule has 0 spiro atoms. The summed E-state index contributed by atoms with van der Waals surface area (Å²) in [5.74, 6) is 0. The van der Waals surface area contributed by atoms with Gasteiger partial charge in [0.15, 0.2) is 0 Å². The number of aromatic nitrogens is 3. The molecule has 0 saturated heterocycles. The van der Waals surface area contributed by atoms with Crippen molar-refractivity contribution in [2.45, 2.75) is 45.8 Å². The van der Waals surface area contributed by atoms with Gasteiger partial charge in [-0.05, 0) is 47.1 Å². The zero-order chi connectivity index (χ0) is 19.5. The van der Waals surface area contributed by atoms with Crippen molar-refractivity contribution in [1.82, 2.24) is 14.8 Å². The molecule has 0 bridgehead atoms. The van der Waals surface area contributed by atoms with E-state index in [1.807, 2.05) is 36.4 Å². The maximum Gasteiger partial charge on any atom is 0.137 e. The fourth-order valence-corrected chi connectivity index (χ4v) is 3.39. The van der Waals surface area contributed by atoms with Gasteiger partial charge in [0.1, 0.15) is 12.7 Å². The molecule has 4 nitrogen and oxygen atoms in total. The lowest BCUT2D eigenvalue weighted by molar-refractivity contribution is -0.0796. The molecule has 142 valence electrons. The quantitative estimate of drug-likeness (QED) is 0.651. The molecule has 5 heteroatoms. The van der Waals surface area contributed by atoms with E-state index in [4.69, 9.17) is 11.6 Å². The van der Waals surface area contributed by atoms with Crippen molar-refractivity contribution in [3.8, 4) is 11.1 Å². The van der Waals surface area contributed by atoms with E-state index in [0.29, 0.717) is 13.0 Å². The van der Waals surface area contributed by atoms with Gasteiger partial charge in [0.25, 0.3) is 0 Å². The molecule has 3 aromatic rings. The van der Waals surface area contributed by atoms with Crippen LogP contribution in [0.25, 0.3) is 11.1 Å². The molecule has 27 heavy (non-hydrogen) atoms. The standard InChI is InChI=1S/C22H26ClN3O/c1-21(2,3)22(27,14-26-16-24-15-25-26)13-12-17-6-4-5-7-20(17)18-8-10-19(23)11-9-18/h4-11,15-16,27H,12-14H2,1-3H3. The van der Waals surface area contributed by atoms with E-state index in [1.165, 1.54) is 17.5 Å². The molecule has 1 heterocycles. The van der Waals surface area contributed by atoms with Crippen molar-refractivity contribution in [2.24, 2.45) is 5.41 Å². The summed E-state index contributed by atoms with van der Waals surface area (Å²) in [5.41, 5.74) is 2.31. The summed E-state index contributed by atoms with van der Waals surface area (Å²) < 4.78 is 1.70. The molecular formula is C22H26ClN3O. The normalized spacial score (nSPS) is 14.1. The topological polar surface area (TPSA) is 50.9 Å². The van der Waals surface area contributed by atoms with Crippen LogP contribution in [-0.2, 0) is 13.0 Å². The maximum atomic E-state index is 11.5. The van der Waals surface area contributed by atoms with Crippen molar-refractivity contribution in [3.63, 3.8) is 0 Å². The molecule has 0 radical (unpaired) electrons. The number of hydrogen-bond acceptors (Lipinski definition) is 3. The first-order valence-electron chi connectivity index (χ1n) is 9.17. The Kier molecular flexibility index (Phi) is 5.68. The molecule has 0 aliphatic rings. The van der Waals surface area contributed by atoms with Crippen LogP contribution >= 0.6 is 11.6 Å². The highest BCUT2D eigenvalue weighted by Gasteiger charge is 2.40. The lowest BCUT2D eigenvalue weighted by Crippen LogP contribution is -2.47. The summed E-state index contributed by atoms with van der Waals surface area (Å²) in [6.45, 7) is 6.61. The third-order valence-electron chi connectivity index (χ3n) is 5.27. The number of hydrogen-bond donors (Lipinski definition) is 1. The Balaban J connectivity index is 1.85. The molecule has 1 N–H and O–H groups in total. The van der Waals surface area contributed by atoms with Gasteiger partial charge in [-0.15, -0.1) is 0 Å². The lowest BCUT2D eigenvalue weighted by Gasteiger charge is -2.40. The van der Waals surface area contributed by atoms with Gasteiger partial charge in [0, 0.05) is 5.02 Å². The van der Waals surface area contributed by atoms with Crippen molar-refractivity contribution < 1.29 is 5.11 Å². The van der Waals surface area contributed by atoms with E-state index in [2.05, 4.69) is 43.0 Å². The first-order chi connectivity index (χ1) is 12.8. The number of aryl methyl sites for hydroxylation is 1. The molecule has 2 aromatic carbocycles. The minimum Gasteiger partial charge on any atom is -0.387 e. The number of rotatable bonds is 6. The average Bonchev–Trinajstić information content (AvgIpc) is 3.13. The van der Waals surface area contributed by atoms with E-state index in [0.717, 1.165) is 17.0 Å². The van der Waals surface area contributed by atoms with Crippen molar-refractivity contribution in [3.05, 3.63) is 71.8 Å². The zero-order valence-corrected chi connectivity index (χ0v) is 16.8. The lowest BCUT2D eigenvalue weighted by atomic mass is 9.73. The van der Waals surface area contributed by atoms with Crippen molar-refractivity contribution in [1.29, 1.82) is 0 Å². The second-order valence-corrected chi connectivity index (χ2v) is 8.48. The van der Waals surface area contributed by atoms with E-state index < -0.39 is 5.60 Å². The summed E-state index contributed by atoms with van der Waals surface area (Å²) in [6, 6.07) is 16.2. The molecule has 1 aromatic heterocycles. The molecule has 1 atom stereocenters. The summed E-state index contributed by atoms with van der Waals surface area (Å²) in [6.07, 6.45) is 4.54. The smallest absolute Gasteiger partial charge is 0.137 e. The van der Waals surface area contributed by atoms with Crippen molar-refractivity contribution in [2.75, 3.05) is 0 Å². The summed E-state index contributed by atoms with van der Waals surface area (Å²) >= 11 is 6.03. The van der Waals surface area contributed by atoms with Crippen LogP contribution in [0.3, 0.4) is 0 Å². The van der Waals surface area contributed by atoms with E-state index in [-0.39, 0.29) is 5.41 Å². The minimum atomic E-state index is -0.909. The van der Waals surface area contributed by atoms with Crippen LogP contribution in [0.4, 0.5) is 0 Å². The van der Waals surface area contributed by atoms with Gasteiger partial charge < -0.3 is 5.11 Å². The Labute approximate surface area is 165 Å². The summed E-state index contributed by atoms with van der Waals surface area (Å²) in [5, 5.41) is 16.4. The Morgan fingerprint density at radius 2 is 1.74 bits per heavy atom. The third-order valence-corrected chi connectivity index (χ3v) is 5.52. The SMILES string of the molecule is CC(C)(C)C(O)(CCc1ccccc1-c1ccc(Cl)cc1)Cn1cncn1. The second kappa shape index (κ2) is 7.83. The van der Waals surface area contributed by atoms with Gasteiger partial charge in [0.2, 0.25) is 0 Å². The predicted molar refractivity (Wildman–Crippen MR) is 110 cm³/mol. The fraction of sp³-hybridized carbons (Fsp3) is 0.364. The predicted octanol–water partition coefficient (Wildman–Crippen LogP) is 5.01. The highest BCUT2D eigenvalue weighted by atomic mass is 35.5. The molecule has 0 aliphatic heterocycles. The number of benzene rings is 2. The molecule has 1 unspecified atom stereocenters. The van der Waals surface area contributed by atoms with Gasteiger partial charge in [-0.25, -0.2) is 4.98 Å². The van der Waals surface area contributed by atoms with Crippen molar-refractivity contribution >= 4 is 11.6 Å². The van der Waals surface area contributed by atoms with Crippen LogP contribution in [0.5, 0.6) is 0 Å². The van der Waals surface area contributed by atoms with Gasteiger partial charge >= 0.3 is 0 Å². The Morgan fingerprint density at radius 3 is 2.37 bits per heavy atom. The van der Waals surface area contributed by atoms with Gasteiger partial charge in [-0.2, -0.15) is 5.10 Å². The number of aliphatic hydroxyl groups is 1. The highest BCUT2D eigenvalue weighted by Crippen LogP contribution is 2.37. The largest absolute Gasteiger partial charge is 0.387 e. The molecule has 0 fully saturated rings. The minimum absolute atomic E-state index is 0.297. The highest BCUT2D eigenvalue weighted by molar-refractivity contribution is 6.30.